The Morgan fingerprint density at radius 2 is 1.61 bits per heavy atom. The highest BCUT2D eigenvalue weighted by Gasteiger charge is 2.30. The first-order valence-electron chi connectivity index (χ1n) is 8.62. The van der Waals surface area contributed by atoms with Gasteiger partial charge in [0.2, 0.25) is 20.0 Å². The minimum absolute atomic E-state index is 0.0247. The molecule has 142 valence electrons. The molecule has 28 heavy (non-hydrogen) atoms. The van der Waals surface area contributed by atoms with E-state index in [1.165, 1.54) is 18.0 Å². The van der Waals surface area contributed by atoms with Crippen molar-refractivity contribution in [2.45, 2.75) is 27.2 Å². The molecule has 0 spiro atoms. The van der Waals surface area contributed by atoms with Crippen LogP contribution in [0.5, 0.6) is 0 Å². The first-order valence-corrected chi connectivity index (χ1v) is 11.0. The fraction of sp³-hybridized carbons (Fsp3) is 0.0952. The molecule has 2 aromatic heterocycles. The second-order valence-electron chi connectivity index (χ2n) is 6.08. The molecule has 0 aliphatic carbocycles. The van der Waals surface area contributed by atoms with E-state index in [-0.39, 0.29) is 26.2 Å². The number of rotatable bonds is 6. The van der Waals surface area contributed by atoms with E-state index < -0.39 is 9.84 Å². The standard InChI is InChI=1S/C21H17NO4S2/c1-15(16-9-4-2-5-10-16)27-21-20(22-19(26-21)18-13-8-14-25-18)28(23,24)17-11-6-3-7-12-17/h2-15H,1H3/t15-/m1/s1. The largest absolute Gasteiger partial charge is 0.459 e. The van der Waals surface area contributed by atoms with Crippen molar-refractivity contribution in [2.75, 3.05) is 0 Å². The third kappa shape index (κ3) is 3.63. The summed E-state index contributed by atoms with van der Waals surface area (Å²) in [4.78, 5) is 4.45. The number of oxazole rings is 1. The van der Waals surface area contributed by atoms with Gasteiger partial charge in [-0.25, -0.2) is 8.42 Å². The molecule has 0 fully saturated rings. The number of sulfone groups is 1. The molecular formula is C21H17NO4S2. The molecule has 0 amide bonds. The van der Waals surface area contributed by atoms with Crippen LogP contribution in [0.4, 0.5) is 0 Å². The summed E-state index contributed by atoms with van der Waals surface area (Å²) in [5.41, 5.74) is 1.06. The van der Waals surface area contributed by atoms with Crippen LogP contribution in [0, 0.1) is 0 Å². The van der Waals surface area contributed by atoms with Crippen LogP contribution < -0.4 is 0 Å². The third-order valence-electron chi connectivity index (χ3n) is 4.16. The predicted molar refractivity (Wildman–Crippen MR) is 107 cm³/mol. The molecule has 0 aliphatic heterocycles. The second-order valence-corrected chi connectivity index (χ2v) is 9.25. The number of hydrogen-bond donors (Lipinski definition) is 0. The minimum atomic E-state index is -3.84. The summed E-state index contributed by atoms with van der Waals surface area (Å²) in [6.45, 7) is 1.99. The second kappa shape index (κ2) is 7.69. The van der Waals surface area contributed by atoms with E-state index in [9.17, 15) is 8.42 Å². The van der Waals surface area contributed by atoms with Gasteiger partial charge in [0.15, 0.2) is 5.76 Å². The average molecular weight is 412 g/mol. The molecule has 1 atom stereocenters. The van der Waals surface area contributed by atoms with Gasteiger partial charge >= 0.3 is 0 Å². The molecule has 0 unspecified atom stereocenters. The van der Waals surface area contributed by atoms with Gasteiger partial charge in [-0.05, 0) is 36.8 Å². The maximum atomic E-state index is 13.2. The highest BCUT2D eigenvalue weighted by molar-refractivity contribution is 8.00. The van der Waals surface area contributed by atoms with Crippen molar-refractivity contribution in [3.8, 4) is 11.7 Å². The quantitative estimate of drug-likeness (QED) is 0.383. The van der Waals surface area contributed by atoms with Crippen molar-refractivity contribution in [3.63, 3.8) is 0 Å². The lowest BCUT2D eigenvalue weighted by Crippen LogP contribution is -2.04. The topological polar surface area (TPSA) is 73.3 Å². The van der Waals surface area contributed by atoms with Crippen molar-refractivity contribution < 1.29 is 17.3 Å². The Balaban J connectivity index is 1.78. The number of thioether (sulfide) groups is 1. The Morgan fingerprint density at radius 3 is 2.25 bits per heavy atom. The average Bonchev–Trinajstić information content (AvgIpc) is 3.39. The summed E-state index contributed by atoms with van der Waals surface area (Å²) >= 11 is 1.31. The molecule has 0 saturated heterocycles. The van der Waals surface area contributed by atoms with Gasteiger partial charge in [0.25, 0.3) is 5.89 Å². The summed E-state index contributed by atoms with van der Waals surface area (Å²) in [6.07, 6.45) is 1.49. The van der Waals surface area contributed by atoms with Gasteiger partial charge < -0.3 is 8.83 Å². The molecule has 0 aliphatic rings. The van der Waals surface area contributed by atoms with Crippen LogP contribution in [0.3, 0.4) is 0 Å². The first-order chi connectivity index (χ1) is 13.6. The van der Waals surface area contributed by atoms with Crippen LogP contribution in [0.15, 0.2) is 103 Å². The fourth-order valence-corrected chi connectivity index (χ4v) is 5.27. The number of benzene rings is 2. The zero-order valence-electron chi connectivity index (χ0n) is 15.0. The van der Waals surface area contributed by atoms with Crippen LogP contribution in [0.1, 0.15) is 17.7 Å². The molecule has 0 N–H and O–H groups in total. The molecule has 2 aromatic carbocycles. The Morgan fingerprint density at radius 1 is 0.929 bits per heavy atom. The molecule has 0 saturated carbocycles. The van der Waals surface area contributed by atoms with Gasteiger partial charge in [0.1, 0.15) is 0 Å². The lowest BCUT2D eigenvalue weighted by molar-refractivity contribution is 0.450. The molecule has 2 heterocycles. The smallest absolute Gasteiger partial charge is 0.265 e. The van der Waals surface area contributed by atoms with Crippen molar-refractivity contribution in [3.05, 3.63) is 84.6 Å². The number of nitrogens with zero attached hydrogens (tertiary/aromatic N) is 1. The highest BCUT2D eigenvalue weighted by atomic mass is 32.2. The minimum Gasteiger partial charge on any atom is -0.459 e. The third-order valence-corrected chi connectivity index (χ3v) is 7.08. The van der Waals surface area contributed by atoms with Crippen LogP contribution >= 0.6 is 11.8 Å². The van der Waals surface area contributed by atoms with Gasteiger partial charge in [0, 0.05) is 5.25 Å². The number of aromatic nitrogens is 1. The monoisotopic (exact) mass is 411 g/mol. The van der Waals surface area contributed by atoms with E-state index in [0.29, 0.717) is 5.76 Å². The van der Waals surface area contributed by atoms with Gasteiger partial charge in [-0.1, -0.05) is 60.3 Å². The molecule has 0 radical (unpaired) electrons. The van der Waals surface area contributed by atoms with Gasteiger partial charge in [-0.3, -0.25) is 0 Å². The highest BCUT2D eigenvalue weighted by Crippen LogP contribution is 2.41. The zero-order chi connectivity index (χ0) is 19.6. The van der Waals surface area contributed by atoms with Gasteiger partial charge in [-0.2, -0.15) is 4.98 Å². The molecule has 4 aromatic rings. The molecule has 0 bridgehead atoms. The predicted octanol–water partition coefficient (Wildman–Crippen LogP) is 5.62. The molecule has 5 nitrogen and oxygen atoms in total. The summed E-state index contributed by atoms with van der Waals surface area (Å²) in [5.74, 6) is 0.519. The van der Waals surface area contributed by atoms with Crippen LogP contribution in [-0.2, 0) is 9.84 Å². The lowest BCUT2D eigenvalue weighted by Gasteiger charge is -2.10. The van der Waals surface area contributed by atoms with Crippen LogP contribution in [-0.4, -0.2) is 13.4 Å². The van der Waals surface area contributed by atoms with Gasteiger partial charge in [0.05, 0.1) is 11.2 Å². The van der Waals surface area contributed by atoms with Crippen molar-refractivity contribution in [2.24, 2.45) is 0 Å². The first kappa shape index (κ1) is 18.6. The van der Waals surface area contributed by atoms with Crippen molar-refractivity contribution >= 4 is 21.6 Å². The molecule has 7 heteroatoms. The molecule has 4 rings (SSSR count). The SMILES string of the molecule is C[C@@H](Sc1oc(-c2ccco2)nc1S(=O)(=O)c1ccccc1)c1ccccc1. The summed E-state index contributed by atoms with van der Waals surface area (Å²) in [6, 6.07) is 21.4. The summed E-state index contributed by atoms with van der Waals surface area (Å²) in [7, 11) is -3.84. The van der Waals surface area contributed by atoms with E-state index >= 15 is 0 Å². The normalized spacial score (nSPS) is 12.8. The van der Waals surface area contributed by atoms with Crippen molar-refractivity contribution in [1.29, 1.82) is 0 Å². The van der Waals surface area contributed by atoms with E-state index in [2.05, 4.69) is 4.98 Å². The maximum Gasteiger partial charge on any atom is 0.265 e. The van der Waals surface area contributed by atoms with Crippen LogP contribution in [0.2, 0.25) is 0 Å². The summed E-state index contributed by atoms with van der Waals surface area (Å²) in [5, 5.41) is 0.118. The zero-order valence-corrected chi connectivity index (χ0v) is 16.6. The Labute approximate surface area is 167 Å². The van der Waals surface area contributed by atoms with E-state index in [1.54, 1.807) is 42.5 Å². The van der Waals surface area contributed by atoms with Gasteiger partial charge in [-0.15, -0.1) is 0 Å². The van der Waals surface area contributed by atoms with Crippen molar-refractivity contribution in [1.82, 2.24) is 4.98 Å². The van der Waals surface area contributed by atoms with E-state index in [1.807, 2.05) is 37.3 Å². The van der Waals surface area contributed by atoms with E-state index in [4.69, 9.17) is 8.83 Å². The molecular weight excluding hydrogens is 394 g/mol. The lowest BCUT2D eigenvalue weighted by atomic mass is 10.2. The van der Waals surface area contributed by atoms with E-state index in [0.717, 1.165) is 5.56 Å². The Bertz CT molecular complexity index is 1150. The van der Waals surface area contributed by atoms with Crippen LogP contribution in [0.25, 0.3) is 11.7 Å². The fourth-order valence-electron chi connectivity index (χ4n) is 2.71. The maximum absolute atomic E-state index is 13.2. The Hall–Kier alpha value is -2.77. The number of furan rings is 1. The number of hydrogen-bond acceptors (Lipinski definition) is 6. The summed E-state index contributed by atoms with van der Waals surface area (Å²) < 4.78 is 37.6. The Kier molecular flexibility index (Phi) is 5.11.